The summed E-state index contributed by atoms with van der Waals surface area (Å²) in [5, 5.41) is 7.59. The first-order chi connectivity index (χ1) is 18.0. The Bertz CT molecular complexity index is 1290. The van der Waals surface area contributed by atoms with Gasteiger partial charge in [0.2, 0.25) is 5.91 Å². The van der Waals surface area contributed by atoms with Crippen molar-refractivity contribution in [1.82, 2.24) is 20.4 Å². The van der Waals surface area contributed by atoms with Crippen molar-refractivity contribution < 1.29 is 23.6 Å². The molecule has 0 radical (unpaired) electrons. The average molecular weight is 510 g/mol. The molecule has 196 valence electrons. The summed E-state index contributed by atoms with van der Waals surface area (Å²) in [6.07, 6.45) is 8.00. The Morgan fingerprint density at radius 3 is 2.68 bits per heavy atom. The number of anilines is 1. The normalized spacial score (nSPS) is 21.7. The lowest BCUT2D eigenvalue weighted by molar-refractivity contribution is -0.136. The van der Waals surface area contributed by atoms with Crippen LogP contribution in [0.3, 0.4) is 0 Å². The Balaban J connectivity index is 1.39. The number of pyridine rings is 1. The summed E-state index contributed by atoms with van der Waals surface area (Å²) in [6, 6.07) is 8.38. The third kappa shape index (κ3) is 4.98. The Hall–Kier alpha value is -3.66. The molecule has 0 unspecified atom stereocenters. The Labute approximate surface area is 214 Å². The van der Waals surface area contributed by atoms with Gasteiger partial charge in [-0.05, 0) is 68.9 Å². The maximum absolute atomic E-state index is 14.2. The number of fused-ring (bicyclic) bond motifs is 1. The molecule has 10 heteroatoms. The van der Waals surface area contributed by atoms with E-state index >= 15 is 0 Å². The third-order valence-electron chi connectivity index (χ3n) is 7.51. The van der Waals surface area contributed by atoms with Crippen LogP contribution in [0.4, 0.5) is 10.1 Å². The minimum absolute atomic E-state index is 0.0164. The van der Waals surface area contributed by atoms with Gasteiger partial charge in [-0.1, -0.05) is 0 Å². The number of aromatic nitrogens is 2. The number of carbonyl (C=O) groups is 2. The molecule has 0 bridgehead atoms. The minimum atomic E-state index is -0.306. The highest BCUT2D eigenvalue weighted by Gasteiger charge is 2.32. The molecule has 5 rings (SSSR count). The summed E-state index contributed by atoms with van der Waals surface area (Å²) < 4.78 is 21.5. The van der Waals surface area contributed by atoms with Crippen LogP contribution in [0, 0.1) is 11.7 Å². The molecule has 1 aromatic carbocycles. The van der Waals surface area contributed by atoms with Crippen molar-refractivity contribution in [1.29, 1.82) is 0 Å². The number of methoxy groups -OCH3 is 1. The number of nitrogens with one attached hydrogen (secondary N) is 2. The van der Waals surface area contributed by atoms with Crippen molar-refractivity contribution in [3.8, 4) is 5.75 Å². The molecular formula is C27H32FN5O4. The minimum Gasteiger partial charge on any atom is -0.496 e. The number of amides is 2. The summed E-state index contributed by atoms with van der Waals surface area (Å²) in [7, 11) is 3.01. The summed E-state index contributed by atoms with van der Waals surface area (Å²) in [6.45, 7) is 0.768. The van der Waals surface area contributed by atoms with Gasteiger partial charge in [-0.25, -0.2) is 14.4 Å². The number of halogens is 1. The van der Waals surface area contributed by atoms with E-state index in [1.54, 1.807) is 23.9 Å². The largest absolute Gasteiger partial charge is 0.496 e. The van der Waals surface area contributed by atoms with Crippen molar-refractivity contribution in [2.24, 2.45) is 5.92 Å². The molecule has 1 aliphatic heterocycles. The molecule has 1 atom stereocenters. The molecule has 0 spiro atoms. The second kappa shape index (κ2) is 10.8. The predicted molar refractivity (Wildman–Crippen MR) is 136 cm³/mol. The van der Waals surface area contributed by atoms with Crippen LogP contribution >= 0.6 is 0 Å². The number of carbonyl (C=O) groups excluding carboxylic acids is 2. The molecule has 1 aliphatic carbocycles. The molecule has 2 N–H and O–H groups in total. The topological polar surface area (TPSA) is 97.2 Å². The zero-order chi connectivity index (χ0) is 25.9. The first-order valence-electron chi connectivity index (χ1n) is 12.7. The van der Waals surface area contributed by atoms with Crippen LogP contribution < -0.4 is 20.4 Å². The van der Waals surface area contributed by atoms with E-state index in [-0.39, 0.29) is 35.6 Å². The van der Waals surface area contributed by atoms with E-state index in [0.717, 1.165) is 36.2 Å². The van der Waals surface area contributed by atoms with Gasteiger partial charge in [-0.15, -0.1) is 0 Å². The molecule has 37 heavy (non-hydrogen) atoms. The number of hydroxylamine groups is 1. The lowest BCUT2D eigenvalue weighted by atomic mass is 9.85. The average Bonchev–Trinajstić information content (AvgIpc) is 3.57. The number of hydrogen-bond acceptors (Lipinski definition) is 6. The number of rotatable bonds is 7. The monoisotopic (exact) mass is 509 g/mol. The zero-order valence-electron chi connectivity index (χ0n) is 21.1. The fourth-order valence-corrected chi connectivity index (χ4v) is 5.71. The van der Waals surface area contributed by atoms with Crippen molar-refractivity contribution in [3.63, 3.8) is 0 Å². The number of ether oxygens (including phenoxy) is 1. The van der Waals surface area contributed by atoms with Crippen LogP contribution in [-0.4, -0.2) is 48.2 Å². The van der Waals surface area contributed by atoms with Crippen molar-refractivity contribution in [2.45, 2.75) is 50.6 Å². The van der Waals surface area contributed by atoms with Gasteiger partial charge in [0, 0.05) is 30.3 Å². The van der Waals surface area contributed by atoms with E-state index < -0.39 is 0 Å². The first kappa shape index (κ1) is 25.0. The van der Waals surface area contributed by atoms with Crippen molar-refractivity contribution >= 4 is 23.0 Å². The summed E-state index contributed by atoms with van der Waals surface area (Å²) in [4.78, 5) is 32.4. The molecular weight excluding hydrogens is 477 g/mol. The zero-order valence-corrected chi connectivity index (χ0v) is 21.1. The maximum Gasteiger partial charge on any atom is 0.255 e. The standard InChI is InChI=1S/C27H32FN5O4/c1-36-24-12-9-18(28)15-20(24)22-5-3-13-32(22)23-6-4-14-33-25(23)21(16-29-33)27(35)30-19-10-7-17(8-11-19)26(34)31-37-2/h4,6,9,12,14-17,19,22H,3,5,7-8,10-11,13H2,1-2H3,(H,30,35)(H,31,34)/t17?,19?,22-/m1/s1. The third-order valence-corrected chi connectivity index (χ3v) is 7.51. The van der Waals surface area contributed by atoms with Gasteiger partial charge in [0.25, 0.3) is 5.91 Å². The van der Waals surface area contributed by atoms with E-state index in [1.807, 2.05) is 18.3 Å². The Kier molecular flexibility index (Phi) is 7.27. The van der Waals surface area contributed by atoms with E-state index in [2.05, 4.69) is 20.8 Å². The van der Waals surface area contributed by atoms with E-state index in [0.29, 0.717) is 37.0 Å². The second-order valence-corrected chi connectivity index (χ2v) is 9.67. The molecule has 2 fully saturated rings. The SMILES string of the molecule is CONC(=O)C1CCC(NC(=O)c2cnn3cccc(N4CCC[C@@H]4c4cc(F)ccc4OC)c23)CC1. The van der Waals surface area contributed by atoms with E-state index in [9.17, 15) is 14.0 Å². The Morgan fingerprint density at radius 1 is 1.11 bits per heavy atom. The molecule has 2 amide bonds. The molecule has 2 aliphatic rings. The van der Waals surface area contributed by atoms with Crippen LogP contribution in [0.2, 0.25) is 0 Å². The fraction of sp³-hybridized carbons (Fsp3) is 0.444. The summed E-state index contributed by atoms with van der Waals surface area (Å²) in [5.74, 6) is -0.0734. The van der Waals surface area contributed by atoms with Gasteiger partial charge in [-0.2, -0.15) is 5.10 Å². The highest BCUT2D eigenvalue weighted by molar-refractivity contribution is 6.04. The van der Waals surface area contributed by atoms with Crippen LogP contribution in [0.5, 0.6) is 5.75 Å². The van der Waals surface area contributed by atoms with Crippen molar-refractivity contribution in [3.05, 3.63) is 59.7 Å². The fourth-order valence-electron chi connectivity index (χ4n) is 5.71. The summed E-state index contributed by atoms with van der Waals surface area (Å²) in [5.41, 5.74) is 5.28. The first-order valence-corrected chi connectivity index (χ1v) is 12.7. The van der Waals surface area contributed by atoms with Gasteiger partial charge >= 0.3 is 0 Å². The Morgan fingerprint density at radius 2 is 1.92 bits per heavy atom. The quantitative estimate of drug-likeness (QED) is 0.471. The van der Waals surface area contributed by atoms with Gasteiger partial charge < -0.3 is 15.0 Å². The summed E-state index contributed by atoms with van der Waals surface area (Å²) >= 11 is 0. The van der Waals surface area contributed by atoms with Gasteiger partial charge in [-0.3, -0.25) is 14.4 Å². The van der Waals surface area contributed by atoms with E-state index in [4.69, 9.17) is 9.57 Å². The highest BCUT2D eigenvalue weighted by Crippen LogP contribution is 2.42. The van der Waals surface area contributed by atoms with E-state index in [1.165, 1.54) is 19.2 Å². The molecule has 9 nitrogen and oxygen atoms in total. The van der Waals surface area contributed by atoms with Gasteiger partial charge in [0.15, 0.2) is 0 Å². The lowest BCUT2D eigenvalue weighted by Crippen LogP contribution is -2.40. The van der Waals surface area contributed by atoms with Crippen LogP contribution in [0.1, 0.15) is 60.5 Å². The van der Waals surface area contributed by atoms with Gasteiger partial charge in [0.05, 0.1) is 37.7 Å². The molecule has 2 aromatic heterocycles. The van der Waals surface area contributed by atoms with Crippen molar-refractivity contribution in [2.75, 3.05) is 25.7 Å². The molecule has 1 saturated heterocycles. The highest BCUT2D eigenvalue weighted by atomic mass is 19.1. The maximum atomic E-state index is 14.2. The predicted octanol–water partition coefficient (Wildman–Crippen LogP) is 3.79. The van der Waals surface area contributed by atoms with Crippen LogP contribution in [0.25, 0.3) is 5.52 Å². The second-order valence-electron chi connectivity index (χ2n) is 9.67. The molecule has 3 aromatic rings. The number of benzene rings is 1. The molecule has 3 heterocycles. The van der Waals surface area contributed by atoms with Crippen LogP contribution in [0.15, 0.2) is 42.7 Å². The lowest BCUT2D eigenvalue weighted by Gasteiger charge is -2.29. The number of nitrogens with zero attached hydrogens (tertiary/aromatic N) is 3. The number of hydrogen-bond donors (Lipinski definition) is 2. The van der Waals surface area contributed by atoms with Gasteiger partial charge in [0.1, 0.15) is 17.1 Å². The smallest absolute Gasteiger partial charge is 0.255 e. The van der Waals surface area contributed by atoms with Crippen LogP contribution in [-0.2, 0) is 9.63 Å². The molecule has 1 saturated carbocycles.